The van der Waals surface area contributed by atoms with E-state index in [0.717, 1.165) is 23.7 Å². The summed E-state index contributed by atoms with van der Waals surface area (Å²) in [6.45, 7) is 0. The Morgan fingerprint density at radius 1 is 0.447 bits per heavy atom. The lowest BCUT2D eigenvalue weighted by molar-refractivity contribution is 0.0775. The Labute approximate surface area is 232 Å². The number of hydrogen-bond donors (Lipinski definition) is 0. The van der Waals surface area contributed by atoms with E-state index in [1.165, 1.54) is 50.8 Å². The molecular formula is C36H40P2. The summed E-state index contributed by atoms with van der Waals surface area (Å²) >= 11 is 0. The zero-order valence-corrected chi connectivity index (χ0v) is 24.2. The Bertz CT molecular complexity index is 1160. The van der Waals surface area contributed by atoms with Crippen molar-refractivity contribution in [2.45, 2.75) is 38.5 Å². The molecule has 0 aromatic heterocycles. The van der Waals surface area contributed by atoms with Crippen LogP contribution in [0.1, 0.15) is 38.5 Å². The molecule has 0 bridgehead atoms. The second-order valence-electron chi connectivity index (χ2n) is 11.3. The Kier molecular flexibility index (Phi) is 8.71. The molecule has 4 aromatic carbocycles. The number of rotatable bonds is 8. The van der Waals surface area contributed by atoms with E-state index < -0.39 is 0 Å². The van der Waals surface area contributed by atoms with Crippen LogP contribution >= 0.6 is 15.8 Å². The van der Waals surface area contributed by atoms with Gasteiger partial charge in [0.15, 0.2) is 0 Å². The maximum atomic E-state index is 2.40. The first kappa shape index (κ1) is 26.0. The largest absolute Gasteiger partial charge is 0.0622 e. The summed E-state index contributed by atoms with van der Waals surface area (Å²) in [5.74, 6) is 3.48. The molecule has 6 rings (SSSR count). The van der Waals surface area contributed by atoms with Crippen molar-refractivity contribution in [2.75, 3.05) is 12.3 Å². The molecule has 4 atom stereocenters. The zero-order valence-electron chi connectivity index (χ0n) is 22.4. The summed E-state index contributed by atoms with van der Waals surface area (Å²) in [7, 11) is -0.710. The van der Waals surface area contributed by atoms with Crippen LogP contribution in [-0.4, -0.2) is 12.3 Å². The van der Waals surface area contributed by atoms with Gasteiger partial charge in [0.25, 0.3) is 0 Å². The molecule has 0 aliphatic heterocycles. The molecule has 0 amide bonds. The van der Waals surface area contributed by atoms with Gasteiger partial charge in [0, 0.05) is 0 Å². The van der Waals surface area contributed by atoms with E-state index in [9.17, 15) is 0 Å². The van der Waals surface area contributed by atoms with Crippen LogP contribution in [0.5, 0.6) is 0 Å². The molecule has 194 valence electrons. The number of hydrogen-bond acceptors (Lipinski definition) is 0. The van der Waals surface area contributed by atoms with Crippen molar-refractivity contribution in [3.63, 3.8) is 0 Å². The van der Waals surface area contributed by atoms with Gasteiger partial charge in [-0.3, -0.25) is 0 Å². The Balaban J connectivity index is 1.36. The molecule has 0 nitrogen and oxygen atoms in total. The topological polar surface area (TPSA) is 0 Å². The van der Waals surface area contributed by atoms with E-state index >= 15 is 0 Å². The molecule has 0 saturated heterocycles. The predicted octanol–water partition coefficient (Wildman–Crippen LogP) is 8.08. The highest BCUT2D eigenvalue weighted by Gasteiger charge is 2.42. The van der Waals surface area contributed by atoms with Gasteiger partial charge in [-0.25, -0.2) is 0 Å². The zero-order chi connectivity index (χ0) is 25.6. The van der Waals surface area contributed by atoms with E-state index in [2.05, 4.69) is 121 Å². The van der Waals surface area contributed by atoms with Crippen molar-refractivity contribution in [1.29, 1.82) is 0 Å². The monoisotopic (exact) mass is 534 g/mol. The Hall–Kier alpha value is -2.26. The average molecular weight is 535 g/mol. The second kappa shape index (κ2) is 12.7. The third-order valence-electron chi connectivity index (χ3n) is 9.11. The first-order valence-electron chi connectivity index (χ1n) is 14.6. The minimum atomic E-state index is -0.359. The summed E-state index contributed by atoms with van der Waals surface area (Å²) in [5, 5.41) is 6.20. The third kappa shape index (κ3) is 5.98. The van der Waals surface area contributed by atoms with Gasteiger partial charge in [0.2, 0.25) is 0 Å². The van der Waals surface area contributed by atoms with Gasteiger partial charge in [-0.05, 0) is 92.3 Å². The van der Waals surface area contributed by atoms with Crippen LogP contribution in [-0.2, 0) is 0 Å². The SMILES string of the molecule is c1ccc(P(CC2CCC3CCCCC3C2CP(c2ccccc2)c2ccccc2)c2ccccc2)cc1. The van der Waals surface area contributed by atoms with Gasteiger partial charge in [0.05, 0.1) is 0 Å². The van der Waals surface area contributed by atoms with Gasteiger partial charge >= 0.3 is 0 Å². The summed E-state index contributed by atoms with van der Waals surface area (Å²) < 4.78 is 0. The maximum absolute atomic E-state index is 2.40. The first-order valence-corrected chi connectivity index (χ1v) is 17.7. The van der Waals surface area contributed by atoms with Crippen LogP contribution in [0, 0.1) is 23.7 Å². The van der Waals surface area contributed by atoms with Crippen molar-refractivity contribution in [3.8, 4) is 0 Å². The highest BCUT2D eigenvalue weighted by Crippen LogP contribution is 2.53. The Morgan fingerprint density at radius 2 is 0.868 bits per heavy atom. The van der Waals surface area contributed by atoms with Crippen molar-refractivity contribution in [1.82, 2.24) is 0 Å². The quantitative estimate of drug-likeness (QED) is 0.201. The van der Waals surface area contributed by atoms with E-state index in [-0.39, 0.29) is 15.8 Å². The van der Waals surface area contributed by atoms with Crippen molar-refractivity contribution < 1.29 is 0 Å². The molecule has 4 unspecified atom stereocenters. The van der Waals surface area contributed by atoms with Crippen LogP contribution in [0.3, 0.4) is 0 Å². The fourth-order valence-electron chi connectivity index (χ4n) is 7.26. The van der Waals surface area contributed by atoms with Crippen LogP contribution in [0.2, 0.25) is 0 Å². The molecule has 0 heterocycles. The summed E-state index contributed by atoms with van der Waals surface area (Å²) in [6, 6.07) is 45.8. The number of fused-ring (bicyclic) bond motifs is 1. The van der Waals surface area contributed by atoms with Crippen LogP contribution in [0.4, 0.5) is 0 Å². The first-order chi connectivity index (χ1) is 18.9. The van der Waals surface area contributed by atoms with Crippen molar-refractivity contribution in [3.05, 3.63) is 121 Å². The lowest BCUT2D eigenvalue weighted by Gasteiger charge is -2.48. The summed E-state index contributed by atoms with van der Waals surface area (Å²) in [4.78, 5) is 0. The molecule has 38 heavy (non-hydrogen) atoms. The van der Waals surface area contributed by atoms with Gasteiger partial charge < -0.3 is 0 Å². The van der Waals surface area contributed by atoms with Gasteiger partial charge in [-0.15, -0.1) is 0 Å². The van der Waals surface area contributed by atoms with E-state index in [1.807, 2.05) is 0 Å². The molecule has 2 aliphatic rings. The molecule has 2 saturated carbocycles. The Morgan fingerprint density at radius 3 is 1.34 bits per heavy atom. The lowest BCUT2D eigenvalue weighted by atomic mass is 9.62. The van der Waals surface area contributed by atoms with Gasteiger partial charge in [0.1, 0.15) is 0 Å². The molecule has 4 aromatic rings. The average Bonchev–Trinajstić information content (AvgIpc) is 3.01. The van der Waals surface area contributed by atoms with Crippen LogP contribution in [0.25, 0.3) is 0 Å². The van der Waals surface area contributed by atoms with Gasteiger partial charge in [-0.2, -0.15) is 0 Å². The lowest BCUT2D eigenvalue weighted by Crippen LogP contribution is -2.41. The highest BCUT2D eigenvalue weighted by molar-refractivity contribution is 7.73. The van der Waals surface area contributed by atoms with Crippen LogP contribution < -0.4 is 21.2 Å². The van der Waals surface area contributed by atoms with E-state index in [1.54, 1.807) is 21.2 Å². The van der Waals surface area contributed by atoms with Crippen molar-refractivity contribution in [2.24, 2.45) is 23.7 Å². The molecule has 2 heteroatoms. The molecular weight excluding hydrogens is 494 g/mol. The predicted molar refractivity (Wildman–Crippen MR) is 170 cm³/mol. The fraction of sp³-hybridized carbons (Fsp3) is 0.333. The number of benzene rings is 4. The second-order valence-corrected chi connectivity index (χ2v) is 15.8. The summed E-state index contributed by atoms with van der Waals surface area (Å²) in [5.41, 5.74) is 0. The molecule has 0 radical (unpaired) electrons. The third-order valence-corrected chi connectivity index (χ3v) is 14.4. The molecule has 2 aliphatic carbocycles. The smallest absolute Gasteiger partial charge is 0.0195 e. The molecule has 0 N–H and O–H groups in total. The highest BCUT2D eigenvalue weighted by atomic mass is 31.1. The standard InChI is InChI=1S/C36H40P2/c1-5-16-31(17-6-1)37(32-18-7-2-8-19-32)27-30-26-25-29-15-13-14-24-35(29)36(30)28-38(33-20-9-3-10-21-33)34-22-11-4-12-23-34/h1-12,16-23,29-30,35-36H,13-15,24-28H2. The van der Waals surface area contributed by atoms with Crippen LogP contribution in [0.15, 0.2) is 121 Å². The maximum Gasteiger partial charge on any atom is -0.0195 e. The summed E-state index contributed by atoms with van der Waals surface area (Å²) in [6.07, 6.45) is 11.4. The van der Waals surface area contributed by atoms with E-state index in [0.29, 0.717) is 0 Å². The molecule has 2 fully saturated rings. The minimum Gasteiger partial charge on any atom is -0.0622 e. The molecule has 0 spiro atoms. The van der Waals surface area contributed by atoms with E-state index in [4.69, 9.17) is 0 Å². The van der Waals surface area contributed by atoms with Gasteiger partial charge in [-0.1, -0.05) is 141 Å². The van der Waals surface area contributed by atoms with Crippen molar-refractivity contribution >= 4 is 37.1 Å². The normalized spacial score (nSPS) is 23.3. The minimum absolute atomic E-state index is 0.351. The fourth-order valence-corrected chi connectivity index (χ4v) is 12.7.